The van der Waals surface area contributed by atoms with Gasteiger partial charge >= 0.3 is 0 Å². The van der Waals surface area contributed by atoms with Crippen molar-refractivity contribution in [2.75, 3.05) is 6.54 Å². The van der Waals surface area contributed by atoms with Crippen molar-refractivity contribution in [1.29, 1.82) is 0 Å². The zero-order chi connectivity index (χ0) is 12.6. The molecule has 1 aliphatic heterocycles. The van der Waals surface area contributed by atoms with Gasteiger partial charge in [0.15, 0.2) is 0 Å². The molecule has 18 heavy (non-hydrogen) atoms. The van der Waals surface area contributed by atoms with Gasteiger partial charge in [0, 0.05) is 22.8 Å². The van der Waals surface area contributed by atoms with Gasteiger partial charge in [0.05, 0.1) is 11.7 Å². The lowest BCUT2D eigenvalue weighted by atomic mass is 10.1. The minimum absolute atomic E-state index is 0.0937. The second-order valence-corrected chi connectivity index (χ2v) is 7.41. The molecule has 0 spiro atoms. The molecule has 100 valence electrons. The summed E-state index contributed by atoms with van der Waals surface area (Å²) in [7, 11) is 0. The summed E-state index contributed by atoms with van der Waals surface area (Å²) >= 11 is 2.00. The lowest BCUT2D eigenvalue weighted by Crippen LogP contribution is -2.28. The van der Waals surface area contributed by atoms with Gasteiger partial charge in [-0.25, -0.2) is 0 Å². The molecule has 1 N–H and O–H groups in total. The Bertz CT molecular complexity index is 403. The van der Waals surface area contributed by atoms with Gasteiger partial charge in [-0.15, -0.1) is 11.3 Å². The molecule has 1 saturated heterocycles. The van der Waals surface area contributed by atoms with Crippen molar-refractivity contribution in [3.63, 3.8) is 0 Å². The molecular formula is C15H23NOS. The summed E-state index contributed by atoms with van der Waals surface area (Å²) in [5.74, 6) is 0. The number of aryl methyl sites for hydroxylation is 2. The van der Waals surface area contributed by atoms with E-state index in [2.05, 4.69) is 25.2 Å². The van der Waals surface area contributed by atoms with Crippen LogP contribution in [0.15, 0.2) is 6.07 Å². The maximum absolute atomic E-state index is 5.99. The van der Waals surface area contributed by atoms with E-state index in [1.54, 1.807) is 10.4 Å². The van der Waals surface area contributed by atoms with E-state index in [4.69, 9.17) is 4.74 Å². The molecule has 0 aromatic carbocycles. The highest BCUT2D eigenvalue weighted by Crippen LogP contribution is 2.31. The summed E-state index contributed by atoms with van der Waals surface area (Å²) in [5.41, 5.74) is 1.70. The number of hydrogen-bond donors (Lipinski definition) is 1. The molecule has 0 saturated carbocycles. The lowest BCUT2D eigenvalue weighted by Gasteiger charge is -2.19. The normalized spacial score (nSPS) is 25.6. The summed E-state index contributed by atoms with van der Waals surface area (Å²) in [6.07, 6.45) is 6.76. The highest BCUT2D eigenvalue weighted by molar-refractivity contribution is 7.12. The molecule has 1 aliphatic carbocycles. The zero-order valence-corrected chi connectivity index (χ0v) is 12.2. The number of ether oxygens (including phenoxy) is 1. The third kappa shape index (κ3) is 2.79. The second-order valence-electron chi connectivity index (χ2n) is 6.18. The molecule has 0 radical (unpaired) electrons. The van der Waals surface area contributed by atoms with Crippen LogP contribution in [0.25, 0.3) is 0 Å². The first-order valence-electron chi connectivity index (χ1n) is 7.11. The maximum Gasteiger partial charge on any atom is 0.0707 e. The van der Waals surface area contributed by atoms with Crippen LogP contribution in [0, 0.1) is 0 Å². The Hall–Kier alpha value is -0.380. The molecule has 2 aliphatic rings. The third-order valence-corrected chi connectivity index (χ3v) is 5.26. The summed E-state index contributed by atoms with van der Waals surface area (Å²) in [6, 6.07) is 2.40. The van der Waals surface area contributed by atoms with Crippen LogP contribution in [0.1, 0.15) is 48.4 Å². The summed E-state index contributed by atoms with van der Waals surface area (Å²) < 4.78 is 5.99. The van der Waals surface area contributed by atoms with Crippen LogP contribution in [0.3, 0.4) is 0 Å². The van der Waals surface area contributed by atoms with E-state index in [9.17, 15) is 0 Å². The first-order valence-corrected chi connectivity index (χ1v) is 7.93. The van der Waals surface area contributed by atoms with E-state index in [1.165, 1.54) is 37.0 Å². The molecule has 1 atom stereocenters. The van der Waals surface area contributed by atoms with Gasteiger partial charge < -0.3 is 10.1 Å². The first kappa shape index (κ1) is 12.6. The van der Waals surface area contributed by atoms with Crippen LogP contribution in [-0.4, -0.2) is 18.2 Å². The Morgan fingerprint density at radius 3 is 3.06 bits per heavy atom. The number of hydrogen-bond acceptors (Lipinski definition) is 3. The average Bonchev–Trinajstić information content (AvgIpc) is 2.92. The number of thiophene rings is 1. The van der Waals surface area contributed by atoms with Crippen LogP contribution in [-0.2, 0) is 24.1 Å². The SMILES string of the molecule is CC1(C)CCC(CNCc2cc3c(s2)CCC3)O1. The number of rotatable bonds is 4. The van der Waals surface area contributed by atoms with E-state index in [1.807, 2.05) is 11.3 Å². The molecule has 1 aromatic heterocycles. The Kier molecular flexibility index (Phi) is 3.48. The predicted octanol–water partition coefficient (Wildman–Crippen LogP) is 3.28. The van der Waals surface area contributed by atoms with Gasteiger partial charge in [-0.1, -0.05) is 0 Å². The maximum atomic E-state index is 5.99. The Morgan fingerprint density at radius 2 is 2.33 bits per heavy atom. The van der Waals surface area contributed by atoms with E-state index < -0.39 is 0 Å². The predicted molar refractivity (Wildman–Crippen MR) is 76.2 cm³/mol. The van der Waals surface area contributed by atoms with E-state index in [0.29, 0.717) is 6.10 Å². The average molecular weight is 265 g/mol. The minimum Gasteiger partial charge on any atom is -0.371 e. The fourth-order valence-corrected chi connectivity index (χ4v) is 4.29. The summed E-state index contributed by atoms with van der Waals surface area (Å²) in [5, 5.41) is 3.56. The minimum atomic E-state index is 0.0937. The van der Waals surface area contributed by atoms with Gasteiger partial charge in [-0.2, -0.15) is 0 Å². The van der Waals surface area contributed by atoms with E-state index in [0.717, 1.165) is 13.1 Å². The van der Waals surface area contributed by atoms with Crippen molar-refractivity contribution >= 4 is 11.3 Å². The Balaban J connectivity index is 1.44. The summed E-state index contributed by atoms with van der Waals surface area (Å²) in [6.45, 7) is 6.39. The van der Waals surface area contributed by atoms with Crippen LogP contribution in [0.2, 0.25) is 0 Å². The van der Waals surface area contributed by atoms with Crippen LogP contribution in [0.4, 0.5) is 0 Å². The molecule has 1 unspecified atom stereocenters. The van der Waals surface area contributed by atoms with Crippen molar-refractivity contribution in [2.45, 2.75) is 64.2 Å². The molecule has 0 amide bonds. The molecule has 1 fully saturated rings. The highest BCUT2D eigenvalue weighted by atomic mass is 32.1. The molecule has 3 heteroatoms. The highest BCUT2D eigenvalue weighted by Gasteiger charge is 2.31. The Morgan fingerprint density at radius 1 is 1.44 bits per heavy atom. The van der Waals surface area contributed by atoms with Crippen molar-refractivity contribution in [3.8, 4) is 0 Å². The zero-order valence-electron chi connectivity index (χ0n) is 11.4. The molecule has 2 heterocycles. The van der Waals surface area contributed by atoms with Crippen LogP contribution < -0.4 is 5.32 Å². The van der Waals surface area contributed by atoms with Gasteiger partial charge in [-0.05, 0) is 57.6 Å². The van der Waals surface area contributed by atoms with Gasteiger partial charge in [0.2, 0.25) is 0 Å². The van der Waals surface area contributed by atoms with Crippen molar-refractivity contribution in [1.82, 2.24) is 5.32 Å². The number of fused-ring (bicyclic) bond motifs is 1. The largest absolute Gasteiger partial charge is 0.371 e. The summed E-state index contributed by atoms with van der Waals surface area (Å²) in [4.78, 5) is 3.13. The topological polar surface area (TPSA) is 21.3 Å². The third-order valence-electron chi connectivity index (χ3n) is 4.02. The fourth-order valence-electron chi connectivity index (χ4n) is 3.06. The van der Waals surface area contributed by atoms with Gasteiger partial charge in [-0.3, -0.25) is 0 Å². The smallest absolute Gasteiger partial charge is 0.0707 e. The van der Waals surface area contributed by atoms with Gasteiger partial charge in [0.1, 0.15) is 0 Å². The van der Waals surface area contributed by atoms with Crippen molar-refractivity contribution in [2.24, 2.45) is 0 Å². The molecule has 1 aromatic rings. The quantitative estimate of drug-likeness (QED) is 0.902. The van der Waals surface area contributed by atoms with Gasteiger partial charge in [0.25, 0.3) is 0 Å². The number of nitrogens with one attached hydrogen (secondary N) is 1. The standard InChI is InChI=1S/C15H23NOS/c1-15(2)7-6-12(17-15)9-16-10-13-8-11-4-3-5-14(11)18-13/h8,12,16H,3-7,9-10H2,1-2H3. The lowest BCUT2D eigenvalue weighted by molar-refractivity contribution is -0.0142. The molecule has 0 bridgehead atoms. The monoisotopic (exact) mass is 265 g/mol. The molecule has 2 nitrogen and oxygen atoms in total. The van der Waals surface area contributed by atoms with Crippen LogP contribution >= 0.6 is 11.3 Å². The van der Waals surface area contributed by atoms with E-state index >= 15 is 0 Å². The second kappa shape index (κ2) is 4.95. The van der Waals surface area contributed by atoms with Crippen molar-refractivity contribution in [3.05, 3.63) is 21.4 Å². The molecule has 3 rings (SSSR count). The first-order chi connectivity index (χ1) is 8.62. The van der Waals surface area contributed by atoms with Crippen molar-refractivity contribution < 1.29 is 4.74 Å². The van der Waals surface area contributed by atoms with E-state index in [-0.39, 0.29) is 5.60 Å². The fraction of sp³-hybridized carbons (Fsp3) is 0.733. The Labute approximate surface area is 114 Å². The molecular weight excluding hydrogens is 242 g/mol. The van der Waals surface area contributed by atoms with Crippen LogP contribution in [0.5, 0.6) is 0 Å².